The number of aromatic nitrogens is 1. The van der Waals surface area contributed by atoms with Gasteiger partial charge in [0.2, 0.25) is 0 Å². The molecular formula is C32H21N3. The number of hydrogen-bond acceptors (Lipinski definition) is 3. The zero-order chi connectivity index (χ0) is 24.1. The predicted molar refractivity (Wildman–Crippen MR) is 137 cm³/mol. The average molecular weight is 448 g/mol. The fourth-order valence-corrected chi connectivity index (χ4v) is 4.97. The molecule has 0 saturated heterocycles. The van der Waals surface area contributed by atoms with Gasteiger partial charge in [-0.05, 0) is 46.0 Å². The Kier molecular flexibility index (Phi) is 5.91. The number of nitriles is 2. The zero-order valence-corrected chi connectivity index (χ0v) is 19.0. The van der Waals surface area contributed by atoms with Crippen LogP contribution in [-0.4, -0.2) is 4.98 Å². The van der Waals surface area contributed by atoms with E-state index >= 15 is 0 Å². The number of rotatable bonds is 5. The highest BCUT2D eigenvalue weighted by Crippen LogP contribution is 2.48. The van der Waals surface area contributed by atoms with Crippen molar-refractivity contribution in [2.45, 2.75) is 5.41 Å². The monoisotopic (exact) mass is 447 g/mol. The molecule has 0 aliphatic rings. The smallest absolute Gasteiger partial charge is 0.100 e. The van der Waals surface area contributed by atoms with Gasteiger partial charge in [0.1, 0.15) is 6.07 Å². The Morgan fingerprint density at radius 2 is 1.03 bits per heavy atom. The maximum atomic E-state index is 10.6. The minimum absolute atomic E-state index is 0.468. The molecule has 164 valence electrons. The molecule has 3 nitrogen and oxygen atoms in total. The van der Waals surface area contributed by atoms with Gasteiger partial charge in [-0.15, -0.1) is 0 Å². The second kappa shape index (κ2) is 9.48. The summed E-state index contributed by atoms with van der Waals surface area (Å²) in [7, 11) is 0. The second-order valence-electron chi connectivity index (χ2n) is 8.22. The summed E-state index contributed by atoms with van der Waals surface area (Å²) in [5, 5.41) is 20.9. The van der Waals surface area contributed by atoms with Crippen LogP contribution in [0.3, 0.4) is 0 Å². The first-order valence-electron chi connectivity index (χ1n) is 11.4. The molecule has 0 bridgehead atoms. The van der Waals surface area contributed by atoms with Crippen LogP contribution in [0.5, 0.6) is 0 Å². The number of benzene rings is 4. The summed E-state index contributed by atoms with van der Waals surface area (Å²) >= 11 is 0. The standard InChI is InChI=1S/C32H21N3/c33-22-25-16-17-29(24-18-20-35-21-19-24)30(23-34)31(25)32(26-10-4-1-5-11-26,27-12-6-2-7-13-27)28-14-8-3-9-15-28/h1-21H. The van der Waals surface area contributed by atoms with Gasteiger partial charge in [-0.3, -0.25) is 4.98 Å². The van der Waals surface area contributed by atoms with E-state index in [2.05, 4.69) is 53.5 Å². The van der Waals surface area contributed by atoms with Crippen molar-refractivity contribution in [3.8, 4) is 23.3 Å². The maximum absolute atomic E-state index is 10.6. The SMILES string of the molecule is N#Cc1ccc(-c2ccncc2)c(C#N)c1C(c1ccccc1)(c1ccccc1)c1ccccc1. The van der Waals surface area contributed by atoms with Crippen molar-refractivity contribution in [1.29, 1.82) is 10.5 Å². The van der Waals surface area contributed by atoms with Gasteiger partial charge in [0.25, 0.3) is 0 Å². The molecule has 5 rings (SSSR count). The Labute approximate surface area is 205 Å². The molecule has 0 radical (unpaired) electrons. The molecule has 0 saturated carbocycles. The summed E-state index contributed by atoms with van der Waals surface area (Å²) in [5.41, 5.74) is 5.35. The van der Waals surface area contributed by atoms with Crippen molar-refractivity contribution in [1.82, 2.24) is 4.98 Å². The minimum Gasteiger partial charge on any atom is -0.265 e. The largest absolute Gasteiger partial charge is 0.265 e. The Morgan fingerprint density at radius 1 is 0.543 bits per heavy atom. The van der Waals surface area contributed by atoms with E-state index in [1.54, 1.807) is 12.4 Å². The summed E-state index contributed by atoms with van der Waals surface area (Å²) in [6, 6.07) is 42.7. The van der Waals surface area contributed by atoms with E-state index in [-0.39, 0.29) is 0 Å². The van der Waals surface area contributed by atoms with Crippen molar-refractivity contribution < 1.29 is 0 Å². The fourth-order valence-electron chi connectivity index (χ4n) is 4.97. The van der Waals surface area contributed by atoms with Crippen molar-refractivity contribution in [3.63, 3.8) is 0 Å². The number of pyridine rings is 1. The normalized spacial score (nSPS) is 10.8. The number of hydrogen-bond donors (Lipinski definition) is 0. The molecule has 0 fully saturated rings. The molecule has 0 atom stereocenters. The summed E-state index contributed by atoms with van der Waals surface area (Å²) in [6.45, 7) is 0. The first-order chi connectivity index (χ1) is 17.3. The molecule has 1 heterocycles. The molecule has 0 spiro atoms. The molecule has 0 N–H and O–H groups in total. The molecule has 0 aliphatic heterocycles. The molecule has 0 amide bonds. The van der Waals surface area contributed by atoms with Gasteiger partial charge >= 0.3 is 0 Å². The minimum atomic E-state index is -0.886. The third-order valence-electron chi connectivity index (χ3n) is 6.42. The van der Waals surface area contributed by atoms with E-state index in [4.69, 9.17) is 0 Å². The lowest BCUT2D eigenvalue weighted by molar-refractivity contribution is 0.740. The molecule has 1 aromatic heterocycles. The quantitative estimate of drug-likeness (QED) is 0.276. The van der Waals surface area contributed by atoms with Crippen molar-refractivity contribution in [3.05, 3.63) is 161 Å². The summed E-state index contributed by atoms with van der Waals surface area (Å²) in [5.74, 6) is 0. The van der Waals surface area contributed by atoms with E-state index < -0.39 is 5.41 Å². The van der Waals surface area contributed by atoms with Crippen molar-refractivity contribution in [2.75, 3.05) is 0 Å². The third-order valence-corrected chi connectivity index (χ3v) is 6.42. The van der Waals surface area contributed by atoms with Crippen LogP contribution in [0.25, 0.3) is 11.1 Å². The van der Waals surface area contributed by atoms with Gasteiger partial charge in [0, 0.05) is 18.0 Å². The van der Waals surface area contributed by atoms with Crippen LogP contribution in [0.15, 0.2) is 128 Å². The molecule has 0 unspecified atom stereocenters. The average Bonchev–Trinajstić information content (AvgIpc) is 2.95. The Hall–Kier alpha value is -4.99. The van der Waals surface area contributed by atoms with Crippen LogP contribution < -0.4 is 0 Å². The van der Waals surface area contributed by atoms with Crippen LogP contribution in [-0.2, 0) is 5.41 Å². The third kappa shape index (κ3) is 3.66. The highest BCUT2D eigenvalue weighted by molar-refractivity contribution is 5.78. The van der Waals surface area contributed by atoms with Crippen LogP contribution >= 0.6 is 0 Å². The number of nitrogens with zero attached hydrogens (tertiary/aromatic N) is 3. The lowest BCUT2D eigenvalue weighted by Crippen LogP contribution is -2.33. The van der Waals surface area contributed by atoms with Crippen molar-refractivity contribution >= 4 is 0 Å². The summed E-state index contributed by atoms with van der Waals surface area (Å²) in [4.78, 5) is 4.14. The van der Waals surface area contributed by atoms with Gasteiger partial charge in [-0.1, -0.05) is 97.1 Å². The van der Waals surface area contributed by atoms with Gasteiger partial charge in [0.15, 0.2) is 0 Å². The fraction of sp³-hybridized carbons (Fsp3) is 0.0312. The lowest BCUT2D eigenvalue weighted by atomic mass is 9.62. The van der Waals surface area contributed by atoms with E-state index in [1.165, 1.54) is 0 Å². The predicted octanol–water partition coefficient (Wildman–Crippen LogP) is 6.87. The van der Waals surface area contributed by atoms with E-state index in [9.17, 15) is 10.5 Å². The maximum Gasteiger partial charge on any atom is 0.100 e. The van der Waals surface area contributed by atoms with E-state index in [1.807, 2.05) is 78.9 Å². The van der Waals surface area contributed by atoms with Crippen LogP contribution in [0.2, 0.25) is 0 Å². The topological polar surface area (TPSA) is 60.5 Å². The lowest BCUT2D eigenvalue weighted by Gasteiger charge is -2.38. The first kappa shape index (κ1) is 21.8. The van der Waals surface area contributed by atoms with Crippen LogP contribution in [0.1, 0.15) is 33.4 Å². The Bertz CT molecular complexity index is 1430. The van der Waals surface area contributed by atoms with Crippen molar-refractivity contribution in [2.24, 2.45) is 0 Å². The molecule has 4 aromatic carbocycles. The van der Waals surface area contributed by atoms with Gasteiger partial charge in [-0.2, -0.15) is 10.5 Å². The van der Waals surface area contributed by atoms with E-state index in [0.717, 1.165) is 27.8 Å². The Balaban J connectivity index is 2.02. The van der Waals surface area contributed by atoms with Gasteiger partial charge < -0.3 is 0 Å². The molecule has 3 heteroatoms. The summed E-state index contributed by atoms with van der Waals surface area (Å²) in [6.07, 6.45) is 3.43. The molecule has 35 heavy (non-hydrogen) atoms. The molecule has 5 aromatic rings. The first-order valence-corrected chi connectivity index (χ1v) is 11.4. The van der Waals surface area contributed by atoms with Gasteiger partial charge in [0.05, 0.1) is 22.6 Å². The summed E-state index contributed by atoms with van der Waals surface area (Å²) < 4.78 is 0. The molecule has 0 aliphatic carbocycles. The second-order valence-corrected chi connectivity index (χ2v) is 8.22. The van der Waals surface area contributed by atoms with Gasteiger partial charge in [-0.25, -0.2) is 0 Å². The van der Waals surface area contributed by atoms with Crippen LogP contribution in [0, 0.1) is 22.7 Å². The highest BCUT2D eigenvalue weighted by Gasteiger charge is 2.42. The van der Waals surface area contributed by atoms with E-state index in [0.29, 0.717) is 16.7 Å². The Morgan fingerprint density at radius 3 is 1.46 bits per heavy atom. The zero-order valence-electron chi connectivity index (χ0n) is 19.0. The van der Waals surface area contributed by atoms with Crippen LogP contribution in [0.4, 0.5) is 0 Å². The molecular weight excluding hydrogens is 426 g/mol. The highest BCUT2D eigenvalue weighted by atomic mass is 14.6.